The lowest BCUT2D eigenvalue weighted by Crippen LogP contribution is -2.27. The zero-order valence-electron chi connectivity index (χ0n) is 7.42. The molecule has 3 nitrogen and oxygen atoms in total. The lowest BCUT2D eigenvalue weighted by Gasteiger charge is -2.12. The Labute approximate surface area is 67.7 Å². The van der Waals surface area contributed by atoms with Crippen LogP contribution in [0.25, 0.3) is 0 Å². The molecule has 0 aliphatic heterocycles. The van der Waals surface area contributed by atoms with E-state index in [0.29, 0.717) is 19.8 Å². The van der Waals surface area contributed by atoms with Gasteiger partial charge in [-0.05, 0) is 20.8 Å². The molecule has 0 aliphatic carbocycles. The summed E-state index contributed by atoms with van der Waals surface area (Å²) in [5, 5.41) is 0. The average Bonchev–Trinajstić information content (AvgIpc) is 1.97. The van der Waals surface area contributed by atoms with Crippen LogP contribution < -0.4 is 0 Å². The molecular weight excluding hydrogens is 144 g/mol. The number of carbonyl (C=O) groups excluding carboxylic acids is 1. The number of ether oxygens (including phenoxy) is 2. The number of carbonyl (C=O) groups is 1. The van der Waals surface area contributed by atoms with Gasteiger partial charge in [0.15, 0.2) is 5.78 Å². The third-order valence-corrected chi connectivity index (χ3v) is 1.29. The summed E-state index contributed by atoms with van der Waals surface area (Å²) in [4.78, 5) is 10.8. The van der Waals surface area contributed by atoms with Crippen LogP contribution >= 0.6 is 0 Å². The van der Waals surface area contributed by atoms with Gasteiger partial charge in [-0.1, -0.05) is 0 Å². The van der Waals surface area contributed by atoms with Crippen molar-refractivity contribution >= 4 is 5.78 Å². The van der Waals surface area contributed by atoms with E-state index in [1.54, 1.807) is 0 Å². The maximum atomic E-state index is 10.8. The summed E-state index contributed by atoms with van der Waals surface area (Å²) in [5.74, 6) is 0.0281. The average molecular weight is 160 g/mol. The predicted octanol–water partition coefficient (Wildman–Crippen LogP) is 1.02. The smallest absolute Gasteiger partial charge is 0.160 e. The van der Waals surface area contributed by atoms with E-state index < -0.39 is 0 Å². The van der Waals surface area contributed by atoms with Crippen LogP contribution in [0.4, 0.5) is 0 Å². The molecule has 0 fully saturated rings. The molecule has 0 bridgehead atoms. The highest BCUT2D eigenvalue weighted by Gasteiger charge is 2.12. The summed E-state index contributed by atoms with van der Waals surface area (Å²) in [7, 11) is 0. The van der Waals surface area contributed by atoms with Crippen molar-refractivity contribution in [1.29, 1.82) is 0 Å². The highest BCUT2D eigenvalue weighted by Crippen LogP contribution is 1.94. The number of hydrogen-bond donors (Lipinski definition) is 0. The topological polar surface area (TPSA) is 35.5 Å². The fourth-order valence-electron chi connectivity index (χ4n) is 0.709. The van der Waals surface area contributed by atoms with Gasteiger partial charge in [0, 0.05) is 13.2 Å². The minimum atomic E-state index is -0.375. The van der Waals surface area contributed by atoms with Crippen LogP contribution in [0.15, 0.2) is 0 Å². The molecule has 0 radical (unpaired) electrons. The summed E-state index contributed by atoms with van der Waals surface area (Å²) in [5.41, 5.74) is 0. The third kappa shape index (κ3) is 4.93. The number of Topliss-reactive ketones (excluding diaryl/α,β-unsaturated/α-hetero) is 1. The van der Waals surface area contributed by atoms with Crippen molar-refractivity contribution in [3.8, 4) is 0 Å². The first-order chi connectivity index (χ1) is 5.22. The molecule has 0 spiro atoms. The number of ketones is 1. The van der Waals surface area contributed by atoms with E-state index in [2.05, 4.69) is 0 Å². The van der Waals surface area contributed by atoms with Crippen molar-refractivity contribution in [2.75, 3.05) is 19.8 Å². The van der Waals surface area contributed by atoms with E-state index in [9.17, 15) is 4.79 Å². The molecule has 1 atom stereocenters. The van der Waals surface area contributed by atoms with E-state index in [4.69, 9.17) is 9.47 Å². The molecule has 0 amide bonds. The van der Waals surface area contributed by atoms with Crippen molar-refractivity contribution in [2.45, 2.75) is 26.9 Å². The zero-order valence-corrected chi connectivity index (χ0v) is 7.42. The molecule has 0 heterocycles. The van der Waals surface area contributed by atoms with Crippen molar-refractivity contribution in [3.63, 3.8) is 0 Å². The van der Waals surface area contributed by atoms with Gasteiger partial charge in [-0.15, -0.1) is 0 Å². The van der Waals surface area contributed by atoms with E-state index in [1.807, 2.05) is 13.8 Å². The predicted molar refractivity (Wildman–Crippen MR) is 42.6 cm³/mol. The number of hydrogen-bond acceptors (Lipinski definition) is 3. The number of rotatable bonds is 6. The molecule has 1 unspecified atom stereocenters. The highest BCUT2D eigenvalue weighted by atomic mass is 16.5. The third-order valence-electron chi connectivity index (χ3n) is 1.29. The van der Waals surface area contributed by atoms with Crippen LogP contribution in [-0.2, 0) is 14.3 Å². The van der Waals surface area contributed by atoms with Gasteiger partial charge in [0.2, 0.25) is 0 Å². The van der Waals surface area contributed by atoms with Crippen LogP contribution in [0.1, 0.15) is 20.8 Å². The van der Waals surface area contributed by atoms with Gasteiger partial charge in [0.05, 0.1) is 6.61 Å². The first-order valence-electron chi connectivity index (χ1n) is 3.92. The van der Waals surface area contributed by atoms with Gasteiger partial charge in [-0.2, -0.15) is 0 Å². The summed E-state index contributed by atoms with van der Waals surface area (Å²) in [6.07, 6.45) is -0.375. The Morgan fingerprint density at radius 1 is 1.36 bits per heavy atom. The molecule has 0 N–H and O–H groups in total. The molecular formula is C8H16O3. The Morgan fingerprint density at radius 2 is 2.00 bits per heavy atom. The SMILES string of the molecule is CCOCC(OCC)C(C)=O. The van der Waals surface area contributed by atoms with Gasteiger partial charge in [0.1, 0.15) is 6.10 Å². The van der Waals surface area contributed by atoms with Crippen molar-refractivity contribution in [3.05, 3.63) is 0 Å². The van der Waals surface area contributed by atoms with Crippen molar-refractivity contribution < 1.29 is 14.3 Å². The standard InChI is InChI=1S/C8H16O3/c1-4-10-6-8(7(3)9)11-5-2/h8H,4-6H2,1-3H3. The van der Waals surface area contributed by atoms with Gasteiger partial charge in [0.25, 0.3) is 0 Å². The highest BCUT2D eigenvalue weighted by molar-refractivity contribution is 5.80. The van der Waals surface area contributed by atoms with Gasteiger partial charge in [-0.25, -0.2) is 0 Å². The normalized spacial score (nSPS) is 13.0. The first kappa shape index (κ1) is 10.6. The summed E-state index contributed by atoms with van der Waals surface area (Å²) < 4.78 is 10.2. The van der Waals surface area contributed by atoms with Crippen LogP contribution in [0, 0.1) is 0 Å². The van der Waals surface area contributed by atoms with E-state index in [1.165, 1.54) is 6.92 Å². The Hall–Kier alpha value is -0.410. The minimum Gasteiger partial charge on any atom is -0.379 e. The molecule has 0 aliphatic rings. The van der Waals surface area contributed by atoms with Gasteiger partial charge < -0.3 is 9.47 Å². The monoisotopic (exact) mass is 160 g/mol. The van der Waals surface area contributed by atoms with Crippen LogP contribution in [0.2, 0.25) is 0 Å². The fraction of sp³-hybridized carbons (Fsp3) is 0.875. The molecule has 3 heteroatoms. The lowest BCUT2D eigenvalue weighted by atomic mass is 10.3. The molecule has 0 aromatic carbocycles. The minimum absolute atomic E-state index is 0.0281. The summed E-state index contributed by atoms with van der Waals surface area (Å²) in [6, 6.07) is 0. The summed E-state index contributed by atoms with van der Waals surface area (Å²) in [6.45, 7) is 6.82. The fourth-order valence-corrected chi connectivity index (χ4v) is 0.709. The second kappa shape index (κ2) is 6.31. The molecule has 0 saturated heterocycles. The second-order valence-electron chi connectivity index (χ2n) is 2.21. The van der Waals surface area contributed by atoms with E-state index in [0.717, 1.165) is 0 Å². The Balaban J connectivity index is 3.60. The molecule has 0 aromatic rings. The molecule has 0 aromatic heterocycles. The molecule has 0 saturated carbocycles. The van der Waals surface area contributed by atoms with Crippen LogP contribution in [0.5, 0.6) is 0 Å². The van der Waals surface area contributed by atoms with Crippen molar-refractivity contribution in [1.82, 2.24) is 0 Å². The van der Waals surface area contributed by atoms with Crippen LogP contribution in [-0.4, -0.2) is 31.7 Å². The second-order valence-corrected chi connectivity index (χ2v) is 2.21. The van der Waals surface area contributed by atoms with Crippen molar-refractivity contribution in [2.24, 2.45) is 0 Å². The quantitative estimate of drug-likeness (QED) is 0.582. The molecule has 66 valence electrons. The summed E-state index contributed by atoms with van der Waals surface area (Å²) >= 11 is 0. The van der Waals surface area contributed by atoms with Crippen LogP contribution in [0.3, 0.4) is 0 Å². The van der Waals surface area contributed by atoms with Gasteiger partial charge in [-0.3, -0.25) is 4.79 Å². The first-order valence-corrected chi connectivity index (χ1v) is 3.92. The van der Waals surface area contributed by atoms with E-state index in [-0.39, 0.29) is 11.9 Å². The maximum absolute atomic E-state index is 10.8. The Morgan fingerprint density at radius 3 is 2.36 bits per heavy atom. The Bertz CT molecular complexity index is 112. The zero-order chi connectivity index (χ0) is 8.69. The largest absolute Gasteiger partial charge is 0.379 e. The lowest BCUT2D eigenvalue weighted by molar-refractivity contribution is -0.131. The molecule has 11 heavy (non-hydrogen) atoms. The molecule has 0 rings (SSSR count). The van der Waals surface area contributed by atoms with E-state index >= 15 is 0 Å². The maximum Gasteiger partial charge on any atom is 0.160 e. The van der Waals surface area contributed by atoms with Gasteiger partial charge >= 0.3 is 0 Å². The Kier molecular flexibility index (Phi) is 6.07.